The van der Waals surface area contributed by atoms with Crippen LogP contribution in [0.1, 0.15) is 12.0 Å². The maximum atomic E-state index is 4.26. The van der Waals surface area contributed by atoms with Gasteiger partial charge < -0.3 is 0 Å². The zero-order valence-electron chi connectivity index (χ0n) is 11.9. The van der Waals surface area contributed by atoms with Gasteiger partial charge in [0.05, 0.1) is 18.3 Å². The largest absolute Gasteiger partial charge is 0.221 e. The van der Waals surface area contributed by atoms with Crippen LogP contribution in [0.4, 0.5) is 0 Å². The minimum atomic E-state index is 0.588. The van der Waals surface area contributed by atoms with Crippen molar-refractivity contribution in [2.45, 2.75) is 13.0 Å². The van der Waals surface area contributed by atoms with Crippen LogP contribution in [0, 0.1) is 0 Å². The minimum Gasteiger partial charge on any atom is -0.221 e. The highest BCUT2D eigenvalue weighted by Gasteiger charge is 1.95. The molecule has 2 nitrogen and oxygen atoms in total. The SMILES string of the molecule is C=C/C=C(\C=C1\C=CC=CC1)N=C=NCc1ccccc1. The lowest BCUT2D eigenvalue weighted by Gasteiger charge is -2.01. The van der Waals surface area contributed by atoms with Gasteiger partial charge in [-0.25, -0.2) is 4.99 Å². The van der Waals surface area contributed by atoms with E-state index in [2.05, 4.69) is 34.7 Å². The molecule has 0 aliphatic heterocycles. The Morgan fingerprint density at radius 1 is 1.24 bits per heavy atom. The first-order valence-electron chi connectivity index (χ1n) is 6.91. The summed E-state index contributed by atoms with van der Waals surface area (Å²) < 4.78 is 0. The van der Waals surface area contributed by atoms with Gasteiger partial charge in [0.1, 0.15) is 0 Å². The third kappa shape index (κ3) is 5.43. The standard InChI is InChI=1S/C19H18N2/c1-2-9-19(14-17-10-5-3-6-11-17)21-16-20-15-18-12-7-4-8-13-18/h2-10,12-14H,1,11,15H2/b17-14-,19-9+. The maximum Gasteiger partial charge on any atom is 0.0952 e. The molecule has 0 amide bonds. The molecule has 104 valence electrons. The zero-order valence-corrected chi connectivity index (χ0v) is 11.9. The first kappa shape index (κ1) is 14.7. The molecule has 0 heterocycles. The first-order valence-corrected chi connectivity index (χ1v) is 6.91. The van der Waals surface area contributed by atoms with E-state index in [0.29, 0.717) is 6.54 Å². The van der Waals surface area contributed by atoms with E-state index >= 15 is 0 Å². The predicted molar refractivity (Wildman–Crippen MR) is 89.3 cm³/mol. The lowest BCUT2D eigenvalue weighted by Crippen LogP contribution is -1.83. The summed E-state index contributed by atoms with van der Waals surface area (Å²) in [4.78, 5) is 8.47. The highest BCUT2D eigenvalue weighted by molar-refractivity contribution is 5.48. The van der Waals surface area contributed by atoms with Crippen LogP contribution in [0.25, 0.3) is 0 Å². The van der Waals surface area contributed by atoms with Crippen LogP contribution in [0.2, 0.25) is 0 Å². The van der Waals surface area contributed by atoms with Crippen LogP contribution in [-0.2, 0) is 6.54 Å². The van der Waals surface area contributed by atoms with Gasteiger partial charge >= 0.3 is 0 Å². The number of aliphatic imine (C=N–C) groups is 2. The molecule has 0 radical (unpaired) electrons. The van der Waals surface area contributed by atoms with Crippen LogP contribution in [-0.4, -0.2) is 6.01 Å². The molecule has 0 bridgehead atoms. The molecule has 1 aliphatic rings. The second-order valence-electron chi connectivity index (χ2n) is 4.55. The molecule has 1 aromatic rings. The Bertz CT molecular complexity index is 652. The van der Waals surface area contributed by atoms with E-state index in [1.54, 1.807) is 6.08 Å². The molecule has 0 aromatic heterocycles. The summed E-state index contributed by atoms with van der Waals surface area (Å²) in [7, 11) is 0. The summed E-state index contributed by atoms with van der Waals surface area (Å²) in [6.45, 7) is 4.30. The van der Waals surface area contributed by atoms with E-state index in [4.69, 9.17) is 0 Å². The van der Waals surface area contributed by atoms with Crippen molar-refractivity contribution in [2.24, 2.45) is 9.98 Å². The van der Waals surface area contributed by atoms with Gasteiger partial charge in [0.15, 0.2) is 0 Å². The predicted octanol–water partition coefficient (Wildman–Crippen LogP) is 4.87. The molecule has 2 rings (SSSR count). The quantitative estimate of drug-likeness (QED) is 0.540. The normalized spacial score (nSPS) is 15.6. The first-order chi connectivity index (χ1) is 10.4. The summed E-state index contributed by atoms with van der Waals surface area (Å²) in [5.41, 5.74) is 3.16. The van der Waals surface area contributed by atoms with Crippen molar-refractivity contribution in [1.29, 1.82) is 0 Å². The van der Waals surface area contributed by atoms with Crippen molar-refractivity contribution in [1.82, 2.24) is 0 Å². The van der Waals surface area contributed by atoms with Crippen LogP contribution in [0.3, 0.4) is 0 Å². The third-order valence-corrected chi connectivity index (χ3v) is 2.89. The number of allylic oxidation sites excluding steroid dienone is 8. The number of rotatable bonds is 5. The lowest BCUT2D eigenvalue weighted by molar-refractivity contribution is 1.08. The molecule has 0 saturated carbocycles. The van der Waals surface area contributed by atoms with Crippen LogP contribution in [0.5, 0.6) is 0 Å². The van der Waals surface area contributed by atoms with Crippen molar-refractivity contribution in [3.8, 4) is 0 Å². The summed E-state index contributed by atoms with van der Waals surface area (Å²) in [5, 5.41) is 0. The molecule has 21 heavy (non-hydrogen) atoms. The van der Waals surface area contributed by atoms with Crippen molar-refractivity contribution >= 4 is 6.01 Å². The number of hydrogen-bond acceptors (Lipinski definition) is 2. The van der Waals surface area contributed by atoms with Gasteiger partial charge in [0, 0.05) is 0 Å². The van der Waals surface area contributed by atoms with E-state index in [1.807, 2.05) is 54.6 Å². The summed E-state index contributed by atoms with van der Waals surface area (Å²) >= 11 is 0. The van der Waals surface area contributed by atoms with Crippen LogP contribution in [0.15, 0.2) is 101 Å². The Labute approximate surface area is 126 Å². The Morgan fingerprint density at radius 3 is 2.81 bits per heavy atom. The topological polar surface area (TPSA) is 24.7 Å². The summed E-state index contributed by atoms with van der Waals surface area (Å²) in [6.07, 6.45) is 14.8. The molecule has 0 spiro atoms. The summed E-state index contributed by atoms with van der Waals surface area (Å²) in [6, 6.07) is 12.8. The highest BCUT2D eigenvalue weighted by Crippen LogP contribution is 2.13. The van der Waals surface area contributed by atoms with E-state index in [-0.39, 0.29) is 0 Å². The molecule has 0 fully saturated rings. The average Bonchev–Trinajstić information content (AvgIpc) is 2.54. The van der Waals surface area contributed by atoms with Gasteiger partial charge in [-0.3, -0.25) is 0 Å². The molecule has 0 atom stereocenters. The Kier molecular flexibility index (Phi) is 5.93. The summed E-state index contributed by atoms with van der Waals surface area (Å²) in [5.74, 6) is 0. The Balaban J connectivity index is 2.04. The van der Waals surface area contributed by atoms with Crippen molar-refractivity contribution < 1.29 is 0 Å². The molecular formula is C19H18N2. The molecular weight excluding hydrogens is 256 g/mol. The lowest BCUT2D eigenvalue weighted by atomic mass is 10.1. The average molecular weight is 274 g/mol. The second-order valence-corrected chi connectivity index (χ2v) is 4.55. The number of benzene rings is 1. The van der Waals surface area contributed by atoms with Gasteiger partial charge in [0.25, 0.3) is 0 Å². The molecule has 1 aliphatic carbocycles. The highest BCUT2D eigenvalue weighted by atomic mass is 14.8. The minimum absolute atomic E-state index is 0.588. The fourth-order valence-electron chi connectivity index (χ4n) is 1.87. The van der Waals surface area contributed by atoms with Gasteiger partial charge in [-0.1, -0.05) is 67.3 Å². The third-order valence-electron chi connectivity index (χ3n) is 2.89. The van der Waals surface area contributed by atoms with Gasteiger partial charge in [-0.2, -0.15) is 4.99 Å². The van der Waals surface area contributed by atoms with E-state index < -0.39 is 0 Å². The van der Waals surface area contributed by atoms with Crippen LogP contribution >= 0.6 is 0 Å². The number of hydrogen-bond donors (Lipinski definition) is 0. The van der Waals surface area contributed by atoms with Crippen molar-refractivity contribution in [2.75, 3.05) is 0 Å². The van der Waals surface area contributed by atoms with Crippen LogP contribution < -0.4 is 0 Å². The monoisotopic (exact) mass is 274 g/mol. The fourth-order valence-corrected chi connectivity index (χ4v) is 1.87. The smallest absolute Gasteiger partial charge is 0.0952 e. The molecule has 0 N–H and O–H groups in total. The molecule has 0 unspecified atom stereocenters. The maximum absolute atomic E-state index is 4.26. The van der Waals surface area contributed by atoms with Gasteiger partial charge in [-0.15, -0.1) is 0 Å². The molecule has 2 heteroatoms. The Morgan fingerprint density at radius 2 is 2.10 bits per heavy atom. The number of nitrogens with zero attached hydrogens (tertiary/aromatic N) is 2. The van der Waals surface area contributed by atoms with Gasteiger partial charge in [-0.05, 0) is 29.7 Å². The van der Waals surface area contributed by atoms with Crippen molar-refractivity contribution in [3.05, 3.63) is 96.3 Å². The van der Waals surface area contributed by atoms with Crippen molar-refractivity contribution in [3.63, 3.8) is 0 Å². The Hall–Kier alpha value is -2.70. The van der Waals surface area contributed by atoms with E-state index in [1.165, 1.54) is 5.57 Å². The second kappa shape index (κ2) is 8.47. The zero-order chi connectivity index (χ0) is 14.8. The molecule has 0 saturated heterocycles. The van der Waals surface area contributed by atoms with Gasteiger partial charge in [0.2, 0.25) is 0 Å². The van der Waals surface area contributed by atoms with E-state index in [0.717, 1.165) is 17.7 Å². The van der Waals surface area contributed by atoms with E-state index in [9.17, 15) is 0 Å². The molecule has 1 aromatic carbocycles. The fraction of sp³-hybridized carbons (Fsp3) is 0.105.